The molecule has 5 nitrogen and oxygen atoms in total. The normalized spacial score (nSPS) is 32.9. The van der Waals surface area contributed by atoms with Crippen LogP contribution in [0.4, 0.5) is 0 Å². The van der Waals surface area contributed by atoms with Crippen molar-refractivity contribution in [2.45, 2.75) is 19.4 Å². The number of ether oxygens (including phenoxy) is 1. The Kier molecular flexibility index (Phi) is 2.56. The molecular weight excluding hydrogens is 174 g/mol. The molecule has 0 aromatic heterocycles. The first-order valence-corrected chi connectivity index (χ1v) is 4.04. The first kappa shape index (κ1) is 9.98. The molecule has 0 amide bonds. The second-order valence-electron chi connectivity index (χ2n) is 3.53. The van der Waals surface area contributed by atoms with Gasteiger partial charge in [-0.3, -0.25) is 9.59 Å². The number of rotatable bonds is 2. The lowest BCUT2D eigenvalue weighted by Gasteiger charge is -2.18. The fourth-order valence-electron chi connectivity index (χ4n) is 1.52. The molecule has 0 saturated carbocycles. The Hall–Kier alpha value is -1.10. The third-order valence-electron chi connectivity index (χ3n) is 2.37. The molecule has 1 aliphatic rings. The molecule has 1 heterocycles. The zero-order valence-corrected chi connectivity index (χ0v) is 7.66. The molecule has 0 aromatic carbocycles. The lowest BCUT2D eigenvalue weighted by molar-refractivity contribution is -0.150. The highest BCUT2D eigenvalue weighted by Crippen LogP contribution is 2.29. The SMILES string of the molecule is COC(=O)C1(C)CNC(C(=O)O)C1. The molecule has 0 aromatic rings. The summed E-state index contributed by atoms with van der Waals surface area (Å²) in [7, 11) is 1.31. The van der Waals surface area contributed by atoms with Crippen molar-refractivity contribution in [1.82, 2.24) is 5.32 Å². The lowest BCUT2D eigenvalue weighted by atomic mass is 9.88. The van der Waals surface area contributed by atoms with Crippen LogP contribution in [-0.4, -0.2) is 36.7 Å². The maximum atomic E-state index is 11.2. The van der Waals surface area contributed by atoms with Gasteiger partial charge in [0.05, 0.1) is 12.5 Å². The molecule has 0 aliphatic carbocycles. The fourth-order valence-corrected chi connectivity index (χ4v) is 1.52. The third-order valence-corrected chi connectivity index (χ3v) is 2.37. The Labute approximate surface area is 76.1 Å². The van der Waals surface area contributed by atoms with Gasteiger partial charge in [0.2, 0.25) is 0 Å². The fraction of sp³-hybridized carbons (Fsp3) is 0.750. The molecule has 2 N–H and O–H groups in total. The van der Waals surface area contributed by atoms with Gasteiger partial charge in [-0.1, -0.05) is 0 Å². The van der Waals surface area contributed by atoms with E-state index < -0.39 is 17.4 Å². The Morgan fingerprint density at radius 1 is 1.62 bits per heavy atom. The summed E-state index contributed by atoms with van der Waals surface area (Å²) in [4.78, 5) is 21.8. The van der Waals surface area contributed by atoms with Crippen LogP contribution in [0.15, 0.2) is 0 Å². The Morgan fingerprint density at radius 2 is 2.23 bits per heavy atom. The minimum atomic E-state index is -0.923. The van der Waals surface area contributed by atoms with Crippen LogP contribution in [0.25, 0.3) is 0 Å². The van der Waals surface area contributed by atoms with Crippen molar-refractivity contribution >= 4 is 11.9 Å². The summed E-state index contributed by atoms with van der Waals surface area (Å²) in [5, 5.41) is 11.4. The van der Waals surface area contributed by atoms with E-state index in [1.165, 1.54) is 7.11 Å². The summed E-state index contributed by atoms with van der Waals surface area (Å²) in [5.41, 5.74) is -0.697. The zero-order chi connectivity index (χ0) is 10.1. The second kappa shape index (κ2) is 3.33. The van der Waals surface area contributed by atoms with Crippen molar-refractivity contribution in [2.24, 2.45) is 5.41 Å². The largest absolute Gasteiger partial charge is 0.480 e. The highest BCUT2D eigenvalue weighted by Gasteiger charge is 2.44. The van der Waals surface area contributed by atoms with Gasteiger partial charge < -0.3 is 15.2 Å². The summed E-state index contributed by atoms with van der Waals surface area (Å²) >= 11 is 0. The molecule has 1 fully saturated rings. The molecule has 1 saturated heterocycles. The van der Waals surface area contributed by atoms with Gasteiger partial charge in [-0.05, 0) is 13.3 Å². The van der Waals surface area contributed by atoms with E-state index in [1.807, 2.05) is 0 Å². The number of aliphatic carboxylic acids is 1. The Bertz CT molecular complexity index is 240. The number of carboxylic acid groups (broad SMARTS) is 1. The lowest BCUT2D eigenvalue weighted by Crippen LogP contribution is -2.31. The summed E-state index contributed by atoms with van der Waals surface area (Å²) in [5.74, 6) is -1.28. The second-order valence-corrected chi connectivity index (χ2v) is 3.53. The van der Waals surface area contributed by atoms with E-state index in [1.54, 1.807) is 6.92 Å². The van der Waals surface area contributed by atoms with Gasteiger partial charge in [0.25, 0.3) is 0 Å². The molecule has 2 atom stereocenters. The molecule has 0 spiro atoms. The number of carbonyl (C=O) groups is 2. The van der Waals surface area contributed by atoms with E-state index in [4.69, 9.17) is 5.11 Å². The van der Waals surface area contributed by atoms with Gasteiger partial charge in [0.1, 0.15) is 6.04 Å². The Morgan fingerprint density at radius 3 is 2.62 bits per heavy atom. The van der Waals surface area contributed by atoms with Crippen molar-refractivity contribution in [2.75, 3.05) is 13.7 Å². The zero-order valence-electron chi connectivity index (χ0n) is 7.66. The maximum Gasteiger partial charge on any atom is 0.320 e. The third kappa shape index (κ3) is 1.80. The van der Waals surface area contributed by atoms with Crippen LogP contribution in [0.2, 0.25) is 0 Å². The van der Waals surface area contributed by atoms with Crippen LogP contribution in [0, 0.1) is 5.41 Å². The topological polar surface area (TPSA) is 75.6 Å². The van der Waals surface area contributed by atoms with Crippen LogP contribution in [-0.2, 0) is 14.3 Å². The van der Waals surface area contributed by atoms with Gasteiger partial charge in [-0.15, -0.1) is 0 Å². The van der Waals surface area contributed by atoms with Gasteiger partial charge in [-0.25, -0.2) is 0 Å². The van der Waals surface area contributed by atoms with Crippen LogP contribution in [0.3, 0.4) is 0 Å². The van der Waals surface area contributed by atoms with Gasteiger partial charge >= 0.3 is 11.9 Å². The minimum absolute atomic E-state index is 0.287. The van der Waals surface area contributed by atoms with Gasteiger partial charge in [0.15, 0.2) is 0 Å². The number of methoxy groups -OCH3 is 1. The number of hydrogen-bond acceptors (Lipinski definition) is 4. The van der Waals surface area contributed by atoms with Gasteiger partial charge in [0, 0.05) is 6.54 Å². The number of nitrogens with one attached hydrogen (secondary N) is 1. The molecule has 0 bridgehead atoms. The van der Waals surface area contributed by atoms with E-state index in [-0.39, 0.29) is 12.4 Å². The highest BCUT2D eigenvalue weighted by atomic mass is 16.5. The van der Waals surface area contributed by atoms with E-state index >= 15 is 0 Å². The van der Waals surface area contributed by atoms with E-state index in [9.17, 15) is 9.59 Å². The van der Waals surface area contributed by atoms with E-state index in [0.29, 0.717) is 6.54 Å². The van der Waals surface area contributed by atoms with Crippen LogP contribution in [0.5, 0.6) is 0 Å². The number of esters is 1. The average molecular weight is 187 g/mol. The first-order valence-electron chi connectivity index (χ1n) is 4.04. The molecule has 1 rings (SSSR count). The summed E-state index contributed by atoms with van der Waals surface area (Å²) in [6.07, 6.45) is 0.287. The molecule has 1 aliphatic heterocycles. The number of carbonyl (C=O) groups excluding carboxylic acids is 1. The van der Waals surface area contributed by atoms with Crippen molar-refractivity contribution in [1.29, 1.82) is 0 Å². The average Bonchev–Trinajstić information content (AvgIpc) is 2.48. The number of hydrogen-bond donors (Lipinski definition) is 2. The van der Waals surface area contributed by atoms with Crippen molar-refractivity contribution < 1.29 is 19.4 Å². The van der Waals surface area contributed by atoms with E-state index in [0.717, 1.165) is 0 Å². The van der Waals surface area contributed by atoms with Crippen LogP contribution in [0.1, 0.15) is 13.3 Å². The van der Waals surface area contributed by atoms with Crippen molar-refractivity contribution in [3.63, 3.8) is 0 Å². The predicted octanol–water partition coefficient (Wildman–Crippen LogP) is -0.388. The summed E-state index contributed by atoms with van der Waals surface area (Å²) in [6.45, 7) is 2.06. The molecule has 2 unspecified atom stereocenters. The minimum Gasteiger partial charge on any atom is -0.480 e. The van der Waals surface area contributed by atoms with Crippen molar-refractivity contribution in [3.8, 4) is 0 Å². The smallest absolute Gasteiger partial charge is 0.320 e. The molecule has 0 radical (unpaired) electrons. The first-order chi connectivity index (χ1) is 5.99. The summed E-state index contributed by atoms with van der Waals surface area (Å²) in [6, 6.07) is -0.635. The van der Waals surface area contributed by atoms with Crippen LogP contribution >= 0.6 is 0 Å². The molecule has 13 heavy (non-hydrogen) atoms. The molecule has 5 heteroatoms. The highest BCUT2D eigenvalue weighted by molar-refractivity contribution is 5.81. The monoisotopic (exact) mass is 187 g/mol. The standard InChI is InChI=1S/C8H13NO4/c1-8(7(12)13-2)3-5(6(10)11)9-4-8/h5,9H,3-4H2,1-2H3,(H,10,11). The van der Waals surface area contributed by atoms with Gasteiger partial charge in [-0.2, -0.15) is 0 Å². The van der Waals surface area contributed by atoms with Crippen LogP contribution < -0.4 is 5.32 Å². The Balaban J connectivity index is 2.66. The maximum absolute atomic E-state index is 11.2. The number of carboxylic acids is 1. The predicted molar refractivity (Wildman–Crippen MR) is 44.2 cm³/mol. The summed E-state index contributed by atoms with van der Waals surface area (Å²) < 4.78 is 4.59. The van der Waals surface area contributed by atoms with E-state index in [2.05, 4.69) is 10.1 Å². The quantitative estimate of drug-likeness (QED) is 0.576. The molecular formula is C8H13NO4. The molecule has 74 valence electrons. The van der Waals surface area contributed by atoms with Crippen molar-refractivity contribution in [3.05, 3.63) is 0 Å².